The second-order valence-electron chi connectivity index (χ2n) is 6.12. The van der Waals surface area contributed by atoms with Crippen molar-refractivity contribution in [2.45, 2.75) is 6.92 Å². The van der Waals surface area contributed by atoms with Crippen LogP contribution >= 0.6 is 11.3 Å². The number of hydrogen-bond acceptors (Lipinski definition) is 5. The SMILES string of the molecule is Cc1cc(-c2cccs2)nc2cc(Nc3nccn4cncc34)ccc12. The Morgan fingerprint density at radius 1 is 1.15 bits per heavy atom. The monoisotopic (exact) mass is 357 g/mol. The molecule has 5 rings (SSSR count). The van der Waals surface area contributed by atoms with Gasteiger partial charge in [0.1, 0.15) is 5.52 Å². The molecule has 0 amide bonds. The number of fused-ring (bicyclic) bond motifs is 2. The summed E-state index contributed by atoms with van der Waals surface area (Å²) < 4.78 is 1.94. The molecule has 0 fully saturated rings. The molecule has 0 radical (unpaired) electrons. The molecule has 1 aromatic carbocycles. The maximum Gasteiger partial charge on any atom is 0.156 e. The largest absolute Gasteiger partial charge is 0.338 e. The van der Waals surface area contributed by atoms with E-state index in [0.29, 0.717) is 0 Å². The first-order valence-electron chi connectivity index (χ1n) is 8.27. The molecule has 0 aliphatic carbocycles. The smallest absolute Gasteiger partial charge is 0.156 e. The van der Waals surface area contributed by atoms with Gasteiger partial charge in [0.2, 0.25) is 0 Å². The minimum absolute atomic E-state index is 0.774. The number of aromatic nitrogens is 4. The zero-order valence-corrected chi connectivity index (χ0v) is 14.9. The fourth-order valence-electron chi connectivity index (χ4n) is 3.12. The molecule has 1 N–H and O–H groups in total. The third-order valence-electron chi connectivity index (χ3n) is 4.39. The first kappa shape index (κ1) is 15.0. The number of hydrogen-bond donors (Lipinski definition) is 1. The molecule has 4 aromatic heterocycles. The lowest BCUT2D eigenvalue weighted by Gasteiger charge is -2.10. The van der Waals surface area contributed by atoms with Gasteiger partial charge in [-0.15, -0.1) is 11.3 Å². The zero-order chi connectivity index (χ0) is 17.5. The van der Waals surface area contributed by atoms with Crippen LogP contribution in [0, 0.1) is 6.92 Å². The Kier molecular flexibility index (Phi) is 3.43. The van der Waals surface area contributed by atoms with E-state index in [1.54, 1.807) is 30.1 Å². The lowest BCUT2D eigenvalue weighted by Crippen LogP contribution is -1.97. The lowest BCUT2D eigenvalue weighted by molar-refractivity contribution is 1.12. The summed E-state index contributed by atoms with van der Waals surface area (Å²) in [5, 5.41) is 6.62. The van der Waals surface area contributed by atoms with E-state index in [1.807, 2.05) is 10.6 Å². The molecule has 0 aliphatic rings. The third-order valence-corrected chi connectivity index (χ3v) is 5.29. The fourth-order valence-corrected chi connectivity index (χ4v) is 3.80. The van der Waals surface area contributed by atoms with Crippen molar-refractivity contribution in [1.82, 2.24) is 19.4 Å². The summed E-state index contributed by atoms with van der Waals surface area (Å²) in [4.78, 5) is 14.7. The maximum absolute atomic E-state index is 4.87. The van der Waals surface area contributed by atoms with Crippen molar-refractivity contribution >= 4 is 39.3 Å². The van der Waals surface area contributed by atoms with Crippen LogP contribution in [0.2, 0.25) is 0 Å². The molecule has 26 heavy (non-hydrogen) atoms. The standard InChI is InChI=1S/C20H15N5S/c1-13-9-17(19-3-2-8-26-19)24-16-10-14(4-5-15(13)16)23-20-18-11-21-12-25(18)7-6-22-20/h2-12H,1H3,(H,22,23). The zero-order valence-electron chi connectivity index (χ0n) is 14.0. The minimum atomic E-state index is 0.774. The number of nitrogens with zero attached hydrogens (tertiary/aromatic N) is 4. The average Bonchev–Trinajstić information content (AvgIpc) is 3.34. The Bertz CT molecular complexity index is 1220. The van der Waals surface area contributed by atoms with Gasteiger partial charge in [0.15, 0.2) is 5.82 Å². The normalized spacial score (nSPS) is 11.3. The van der Waals surface area contributed by atoms with Crippen LogP contribution in [0.1, 0.15) is 5.56 Å². The summed E-state index contributed by atoms with van der Waals surface area (Å²) in [6.45, 7) is 2.13. The molecule has 0 aliphatic heterocycles. The molecule has 6 heteroatoms. The molecule has 0 atom stereocenters. The molecule has 0 spiro atoms. The van der Waals surface area contributed by atoms with Gasteiger partial charge in [-0.3, -0.25) is 0 Å². The average molecular weight is 357 g/mol. The number of anilines is 2. The highest BCUT2D eigenvalue weighted by Crippen LogP contribution is 2.29. The highest BCUT2D eigenvalue weighted by Gasteiger charge is 2.08. The van der Waals surface area contributed by atoms with Crippen LogP contribution < -0.4 is 5.32 Å². The van der Waals surface area contributed by atoms with E-state index in [4.69, 9.17) is 4.98 Å². The maximum atomic E-state index is 4.87. The second kappa shape index (κ2) is 5.93. The van der Waals surface area contributed by atoms with E-state index >= 15 is 0 Å². The third kappa shape index (κ3) is 2.51. The van der Waals surface area contributed by atoms with Gasteiger partial charge in [-0.1, -0.05) is 12.1 Å². The van der Waals surface area contributed by atoms with E-state index < -0.39 is 0 Å². The summed E-state index contributed by atoms with van der Waals surface area (Å²) in [6.07, 6.45) is 7.20. The van der Waals surface area contributed by atoms with Crippen molar-refractivity contribution in [3.8, 4) is 10.6 Å². The topological polar surface area (TPSA) is 55.1 Å². The van der Waals surface area contributed by atoms with Gasteiger partial charge in [-0.2, -0.15) is 0 Å². The Morgan fingerprint density at radius 3 is 3.00 bits per heavy atom. The van der Waals surface area contributed by atoms with Gasteiger partial charge in [-0.25, -0.2) is 15.0 Å². The molecule has 126 valence electrons. The van der Waals surface area contributed by atoms with Crippen molar-refractivity contribution in [3.05, 3.63) is 72.3 Å². The minimum Gasteiger partial charge on any atom is -0.338 e. The van der Waals surface area contributed by atoms with Crippen LogP contribution in [-0.2, 0) is 0 Å². The van der Waals surface area contributed by atoms with E-state index in [-0.39, 0.29) is 0 Å². The van der Waals surface area contributed by atoms with Gasteiger partial charge in [-0.05, 0) is 42.1 Å². The van der Waals surface area contributed by atoms with Crippen molar-refractivity contribution < 1.29 is 0 Å². The molecule has 0 unspecified atom stereocenters. The summed E-state index contributed by atoms with van der Waals surface area (Å²) in [5.41, 5.74) is 5.09. The summed E-state index contributed by atoms with van der Waals surface area (Å²) in [6, 6.07) is 12.5. The van der Waals surface area contributed by atoms with Gasteiger partial charge in [0.25, 0.3) is 0 Å². The van der Waals surface area contributed by atoms with Crippen LogP contribution in [0.5, 0.6) is 0 Å². The predicted octanol–water partition coefficient (Wildman–Crippen LogP) is 5.06. The van der Waals surface area contributed by atoms with Crippen molar-refractivity contribution in [3.63, 3.8) is 0 Å². The van der Waals surface area contributed by atoms with Crippen molar-refractivity contribution in [2.24, 2.45) is 0 Å². The first-order valence-corrected chi connectivity index (χ1v) is 9.15. The van der Waals surface area contributed by atoms with Crippen molar-refractivity contribution in [2.75, 3.05) is 5.32 Å². The highest BCUT2D eigenvalue weighted by molar-refractivity contribution is 7.13. The fraction of sp³-hybridized carbons (Fsp3) is 0.0500. The second-order valence-corrected chi connectivity index (χ2v) is 7.07. The molecule has 0 saturated carbocycles. The summed E-state index contributed by atoms with van der Waals surface area (Å²) >= 11 is 1.70. The van der Waals surface area contributed by atoms with Gasteiger partial charge >= 0.3 is 0 Å². The Morgan fingerprint density at radius 2 is 2.12 bits per heavy atom. The van der Waals surface area contributed by atoms with E-state index in [1.165, 1.54) is 10.4 Å². The summed E-state index contributed by atoms with van der Waals surface area (Å²) in [5.74, 6) is 0.774. The molecule has 5 aromatic rings. The highest BCUT2D eigenvalue weighted by atomic mass is 32.1. The van der Waals surface area contributed by atoms with Crippen LogP contribution in [0.15, 0.2) is 66.7 Å². The number of nitrogens with one attached hydrogen (secondary N) is 1. The lowest BCUT2D eigenvalue weighted by atomic mass is 10.1. The van der Waals surface area contributed by atoms with Gasteiger partial charge < -0.3 is 9.72 Å². The molecular formula is C20H15N5S. The van der Waals surface area contributed by atoms with Gasteiger partial charge in [0.05, 0.1) is 28.6 Å². The van der Waals surface area contributed by atoms with Gasteiger partial charge in [0, 0.05) is 23.5 Å². The molecule has 4 heterocycles. The molecule has 0 bridgehead atoms. The Balaban J connectivity index is 1.59. The van der Waals surface area contributed by atoms with E-state index in [0.717, 1.165) is 33.6 Å². The number of benzene rings is 1. The number of thiophene rings is 1. The molecular weight excluding hydrogens is 342 g/mol. The number of imidazole rings is 1. The number of rotatable bonds is 3. The Labute approximate surface area is 154 Å². The van der Waals surface area contributed by atoms with Crippen LogP contribution in [-0.4, -0.2) is 19.4 Å². The van der Waals surface area contributed by atoms with Crippen LogP contribution in [0.3, 0.4) is 0 Å². The molecule has 0 saturated heterocycles. The van der Waals surface area contributed by atoms with Crippen molar-refractivity contribution in [1.29, 1.82) is 0 Å². The van der Waals surface area contributed by atoms with E-state index in [9.17, 15) is 0 Å². The number of aryl methyl sites for hydroxylation is 1. The first-order chi connectivity index (χ1) is 12.8. The van der Waals surface area contributed by atoms with Crippen LogP contribution in [0.4, 0.5) is 11.5 Å². The molecule has 5 nitrogen and oxygen atoms in total. The Hall–Kier alpha value is -3.25. The quantitative estimate of drug-likeness (QED) is 0.490. The van der Waals surface area contributed by atoms with E-state index in [2.05, 4.69) is 64.0 Å². The number of pyridine rings is 1. The predicted molar refractivity (Wildman–Crippen MR) is 106 cm³/mol. The van der Waals surface area contributed by atoms with Crippen LogP contribution in [0.25, 0.3) is 27.0 Å². The summed E-state index contributed by atoms with van der Waals surface area (Å²) in [7, 11) is 0.